The number of aromatic nitrogens is 5. The second kappa shape index (κ2) is 5.64. The molecule has 5 heteroatoms. The first-order valence-corrected chi connectivity index (χ1v) is 9.92. The van der Waals surface area contributed by atoms with Gasteiger partial charge in [0.15, 0.2) is 0 Å². The lowest BCUT2D eigenvalue weighted by Crippen LogP contribution is -2.08. The van der Waals surface area contributed by atoms with Crippen molar-refractivity contribution in [1.82, 2.24) is 25.0 Å². The molecule has 2 aromatic carbocycles. The zero-order valence-corrected chi connectivity index (χ0v) is 16.1. The highest BCUT2D eigenvalue weighted by Crippen LogP contribution is 2.39. The third kappa shape index (κ3) is 2.10. The molecule has 0 bridgehead atoms. The van der Waals surface area contributed by atoms with E-state index in [1.54, 1.807) is 0 Å². The van der Waals surface area contributed by atoms with Crippen molar-refractivity contribution in [2.75, 3.05) is 0 Å². The van der Waals surface area contributed by atoms with Gasteiger partial charge in [0.05, 0.1) is 28.4 Å². The molecule has 0 aliphatic heterocycles. The van der Waals surface area contributed by atoms with Crippen LogP contribution in [0, 0.1) is 6.92 Å². The molecule has 0 spiro atoms. The average molecular weight is 367 g/mol. The Balaban J connectivity index is 1.73. The first-order valence-electron chi connectivity index (χ1n) is 9.92. The summed E-state index contributed by atoms with van der Waals surface area (Å²) in [5, 5.41) is 15.6. The average Bonchev–Trinajstić information content (AvgIpc) is 3.31. The number of nitrogens with zero attached hydrogens (tertiary/aromatic N) is 4. The van der Waals surface area contributed by atoms with Crippen LogP contribution in [-0.4, -0.2) is 25.0 Å². The van der Waals surface area contributed by atoms with Gasteiger partial charge >= 0.3 is 0 Å². The van der Waals surface area contributed by atoms with Crippen LogP contribution >= 0.6 is 0 Å². The Bertz CT molecular complexity index is 1390. The fourth-order valence-electron chi connectivity index (χ4n) is 4.79. The van der Waals surface area contributed by atoms with E-state index in [9.17, 15) is 0 Å². The minimum absolute atomic E-state index is 1.06. The van der Waals surface area contributed by atoms with E-state index in [0.717, 1.165) is 40.5 Å². The van der Waals surface area contributed by atoms with Crippen molar-refractivity contribution in [3.05, 3.63) is 53.3 Å². The van der Waals surface area contributed by atoms with Crippen molar-refractivity contribution in [1.29, 1.82) is 0 Å². The summed E-state index contributed by atoms with van der Waals surface area (Å²) in [6, 6.07) is 10.7. The number of rotatable bonds is 1. The highest BCUT2D eigenvalue weighted by atomic mass is 15.3. The fourth-order valence-corrected chi connectivity index (χ4v) is 4.79. The lowest BCUT2D eigenvalue weighted by Gasteiger charge is -2.22. The van der Waals surface area contributed by atoms with Gasteiger partial charge in [0.2, 0.25) is 0 Å². The molecule has 1 aliphatic rings. The normalized spacial score (nSPS) is 14.2. The number of fused-ring (bicyclic) bond motifs is 6. The summed E-state index contributed by atoms with van der Waals surface area (Å²) in [5.41, 5.74) is 9.61. The quantitative estimate of drug-likeness (QED) is 0.461. The zero-order valence-electron chi connectivity index (χ0n) is 16.1. The van der Waals surface area contributed by atoms with Crippen LogP contribution in [0.15, 0.2) is 36.5 Å². The van der Waals surface area contributed by atoms with Crippen molar-refractivity contribution < 1.29 is 0 Å². The Morgan fingerprint density at radius 1 is 0.964 bits per heavy atom. The van der Waals surface area contributed by atoms with E-state index in [1.807, 2.05) is 17.9 Å². The Labute approximate surface area is 162 Å². The first-order chi connectivity index (χ1) is 13.7. The van der Waals surface area contributed by atoms with Crippen molar-refractivity contribution >= 4 is 32.7 Å². The molecule has 1 N–H and O–H groups in total. The van der Waals surface area contributed by atoms with Gasteiger partial charge in [-0.2, -0.15) is 10.2 Å². The number of pyridine rings is 1. The summed E-state index contributed by atoms with van der Waals surface area (Å²) in [6.07, 6.45) is 6.55. The zero-order chi connectivity index (χ0) is 18.8. The maximum atomic E-state index is 5.18. The van der Waals surface area contributed by atoms with Crippen molar-refractivity contribution in [2.45, 2.75) is 32.6 Å². The summed E-state index contributed by atoms with van der Waals surface area (Å²) < 4.78 is 1.99. The van der Waals surface area contributed by atoms with Crippen LogP contribution < -0.4 is 0 Å². The van der Waals surface area contributed by atoms with Crippen molar-refractivity contribution in [3.63, 3.8) is 0 Å². The van der Waals surface area contributed by atoms with Crippen molar-refractivity contribution in [3.8, 4) is 11.3 Å². The fraction of sp³-hybridized carbons (Fsp3) is 0.261. The monoisotopic (exact) mass is 367 g/mol. The molecule has 5 nitrogen and oxygen atoms in total. The van der Waals surface area contributed by atoms with Crippen LogP contribution in [0.5, 0.6) is 0 Å². The molecule has 0 saturated heterocycles. The number of aromatic amines is 1. The second-order valence-corrected chi connectivity index (χ2v) is 7.86. The van der Waals surface area contributed by atoms with Crippen LogP contribution in [0.4, 0.5) is 0 Å². The minimum Gasteiger partial charge on any atom is -0.278 e. The van der Waals surface area contributed by atoms with Crippen LogP contribution in [0.1, 0.15) is 29.7 Å². The van der Waals surface area contributed by atoms with Gasteiger partial charge in [-0.25, -0.2) is 4.98 Å². The number of hydrogen-bond acceptors (Lipinski definition) is 3. The summed E-state index contributed by atoms with van der Waals surface area (Å²) >= 11 is 0. The minimum atomic E-state index is 1.06. The van der Waals surface area contributed by atoms with E-state index >= 15 is 0 Å². The molecular weight excluding hydrogens is 346 g/mol. The van der Waals surface area contributed by atoms with Crippen molar-refractivity contribution in [2.24, 2.45) is 7.05 Å². The SMILES string of the molecule is Cc1c2c(ccc3nc(-c4ccc5[nH]ncc5c4)c4c(c32)CCCC4)nn1C. The standard InChI is InChI=1S/C23H21N5/c1-13-21-20(27-28(13)2)10-9-19-22(21)16-5-3-4-6-17(16)23(25-19)14-7-8-18-15(11-14)12-24-26-18/h7-12H,3-6H2,1-2H3,(H,24,26). The highest BCUT2D eigenvalue weighted by Gasteiger charge is 2.22. The summed E-state index contributed by atoms with van der Waals surface area (Å²) in [5.74, 6) is 0. The Morgan fingerprint density at radius 3 is 2.68 bits per heavy atom. The molecule has 0 unspecified atom stereocenters. The van der Waals surface area contributed by atoms with E-state index in [1.165, 1.54) is 46.0 Å². The molecule has 1 aliphatic carbocycles. The molecule has 5 aromatic rings. The summed E-state index contributed by atoms with van der Waals surface area (Å²) in [6.45, 7) is 2.16. The van der Waals surface area contributed by atoms with E-state index < -0.39 is 0 Å². The molecule has 28 heavy (non-hydrogen) atoms. The number of hydrogen-bond donors (Lipinski definition) is 1. The lowest BCUT2D eigenvalue weighted by molar-refractivity contribution is 0.689. The molecule has 0 amide bonds. The molecule has 0 fully saturated rings. The van der Waals surface area contributed by atoms with Crippen LogP contribution in [0.3, 0.4) is 0 Å². The second-order valence-electron chi connectivity index (χ2n) is 7.86. The molecule has 138 valence electrons. The van der Waals surface area contributed by atoms with Gasteiger partial charge in [-0.3, -0.25) is 9.78 Å². The van der Waals surface area contributed by atoms with Crippen LogP contribution in [0.25, 0.3) is 44.0 Å². The number of aryl methyl sites for hydroxylation is 3. The van der Waals surface area contributed by atoms with E-state index in [-0.39, 0.29) is 0 Å². The van der Waals surface area contributed by atoms with Gasteiger partial charge in [0.1, 0.15) is 0 Å². The summed E-state index contributed by atoms with van der Waals surface area (Å²) in [4.78, 5) is 5.18. The number of H-pyrrole nitrogens is 1. The third-order valence-corrected chi connectivity index (χ3v) is 6.27. The van der Waals surface area contributed by atoms with Gasteiger partial charge in [0.25, 0.3) is 0 Å². The van der Waals surface area contributed by atoms with Crippen LogP contribution in [0.2, 0.25) is 0 Å². The Hall–Kier alpha value is -3.21. The molecular formula is C23H21N5. The molecule has 0 atom stereocenters. The molecule has 3 heterocycles. The van der Waals surface area contributed by atoms with Crippen LogP contribution in [-0.2, 0) is 19.9 Å². The lowest BCUT2D eigenvalue weighted by atomic mass is 9.85. The van der Waals surface area contributed by atoms with E-state index in [4.69, 9.17) is 10.1 Å². The van der Waals surface area contributed by atoms with Gasteiger partial charge in [-0.1, -0.05) is 6.07 Å². The largest absolute Gasteiger partial charge is 0.278 e. The van der Waals surface area contributed by atoms with Gasteiger partial charge in [0, 0.05) is 34.5 Å². The Kier molecular flexibility index (Phi) is 3.19. The third-order valence-electron chi connectivity index (χ3n) is 6.27. The topological polar surface area (TPSA) is 59.4 Å². The first kappa shape index (κ1) is 15.8. The highest BCUT2D eigenvalue weighted by molar-refractivity contribution is 6.09. The number of nitrogens with one attached hydrogen (secondary N) is 1. The van der Waals surface area contributed by atoms with E-state index in [0.29, 0.717) is 0 Å². The predicted molar refractivity (Wildman–Crippen MR) is 112 cm³/mol. The Morgan fingerprint density at radius 2 is 1.79 bits per heavy atom. The predicted octanol–water partition coefficient (Wildman–Crippen LogP) is 4.85. The van der Waals surface area contributed by atoms with Gasteiger partial charge in [-0.05, 0) is 68.0 Å². The number of benzene rings is 2. The maximum absolute atomic E-state index is 5.18. The van der Waals surface area contributed by atoms with E-state index in [2.05, 4.69) is 47.5 Å². The molecule has 0 radical (unpaired) electrons. The molecule has 3 aromatic heterocycles. The smallest absolute Gasteiger partial charge is 0.0933 e. The molecule has 6 rings (SSSR count). The van der Waals surface area contributed by atoms with Gasteiger partial charge < -0.3 is 0 Å². The summed E-state index contributed by atoms with van der Waals surface area (Å²) in [7, 11) is 2.02. The maximum Gasteiger partial charge on any atom is 0.0933 e. The molecule has 0 saturated carbocycles. The van der Waals surface area contributed by atoms with Gasteiger partial charge in [-0.15, -0.1) is 0 Å².